The lowest BCUT2D eigenvalue weighted by molar-refractivity contribution is 0.428. The molecule has 1 nitrogen and oxygen atoms in total. The number of rotatable bonds is 4. The van der Waals surface area contributed by atoms with Crippen LogP contribution in [0.4, 0.5) is 0 Å². The van der Waals surface area contributed by atoms with E-state index in [1.165, 1.54) is 24.8 Å². The van der Waals surface area contributed by atoms with Gasteiger partial charge in [-0.2, -0.15) is 0 Å². The van der Waals surface area contributed by atoms with Crippen LogP contribution in [0.5, 0.6) is 0 Å². The van der Waals surface area contributed by atoms with E-state index in [0.717, 1.165) is 24.2 Å². The van der Waals surface area contributed by atoms with E-state index >= 15 is 0 Å². The van der Waals surface area contributed by atoms with Crippen LogP contribution >= 0.6 is 23.2 Å². The van der Waals surface area contributed by atoms with Crippen LogP contribution in [0.1, 0.15) is 24.8 Å². The van der Waals surface area contributed by atoms with Crippen LogP contribution in [0.2, 0.25) is 10.0 Å². The Labute approximate surface area is 119 Å². The highest BCUT2D eigenvalue weighted by Gasteiger charge is 2.55. The molecule has 0 aliphatic heterocycles. The Bertz CT molecular complexity index is 436. The highest BCUT2D eigenvalue weighted by Crippen LogP contribution is 2.59. The maximum atomic E-state index is 6.08. The zero-order chi connectivity index (χ0) is 12.7. The van der Waals surface area contributed by atoms with Crippen LogP contribution in [0, 0.1) is 17.8 Å². The minimum absolute atomic E-state index is 0.595. The standard InChI is InChI=1S/C15H19Cl2N/c1-18-14(15-10-3-2-4-11(10)15)8-9-5-6-12(16)13(17)7-9/h5-7,10-11,14-15,18H,2-4,8H2,1H3. The van der Waals surface area contributed by atoms with Gasteiger partial charge in [-0.15, -0.1) is 0 Å². The van der Waals surface area contributed by atoms with Gasteiger partial charge in [0, 0.05) is 6.04 Å². The third kappa shape index (κ3) is 2.29. The summed E-state index contributed by atoms with van der Waals surface area (Å²) in [5.41, 5.74) is 1.29. The van der Waals surface area contributed by atoms with E-state index in [1.807, 2.05) is 12.1 Å². The monoisotopic (exact) mass is 283 g/mol. The summed E-state index contributed by atoms with van der Waals surface area (Å²) in [5.74, 6) is 2.87. The van der Waals surface area contributed by atoms with E-state index in [1.54, 1.807) is 0 Å². The first kappa shape index (κ1) is 12.8. The highest BCUT2D eigenvalue weighted by atomic mass is 35.5. The molecule has 1 N–H and O–H groups in total. The summed E-state index contributed by atoms with van der Waals surface area (Å²) in [5, 5.41) is 4.81. The lowest BCUT2D eigenvalue weighted by Gasteiger charge is -2.18. The Morgan fingerprint density at radius 2 is 1.94 bits per heavy atom. The molecule has 0 heterocycles. The fourth-order valence-electron chi connectivity index (χ4n) is 3.82. The maximum Gasteiger partial charge on any atom is 0.0595 e. The summed E-state index contributed by atoms with van der Waals surface area (Å²) in [6, 6.07) is 6.60. The summed E-state index contributed by atoms with van der Waals surface area (Å²) in [6.07, 6.45) is 5.38. The maximum absolute atomic E-state index is 6.08. The second kappa shape index (κ2) is 5.03. The molecule has 0 amide bonds. The molecule has 2 saturated carbocycles. The van der Waals surface area contributed by atoms with Crippen LogP contribution in [0.25, 0.3) is 0 Å². The predicted molar refractivity (Wildman–Crippen MR) is 77.3 cm³/mol. The predicted octanol–water partition coefficient (Wildman–Crippen LogP) is 4.17. The van der Waals surface area contributed by atoms with E-state index in [2.05, 4.69) is 18.4 Å². The Balaban J connectivity index is 1.68. The third-order valence-electron chi connectivity index (χ3n) is 4.75. The van der Waals surface area contributed by atoms with Crippen LogP contribution in [0.3, 0.4) is 0 Å². The van der Waals surface area contributed by atoms with Gasteiger partial charge in [0.2, 0.25) is 0 Å². The summed E-state index contributed by atoms with van der Waals surface area (Å²) in [7, 11) is 2.08. The van der Waals surface area contributed by atoms with Crippen molar-refractivity contribution in [2.75, 3.05) is 7.05 Å². The number of hydrogen-bond donors (Lipinski definition) is 1. The first-order valence-corrected chi connectivity index (χ1v) is 7.57. The molecule has 0 aromatic heterocycles. The molecule has 3 rings (SSSR count). The van der Waals surface area contributed by atoms with Gasteiger partial charge in [-0.3, -0.25) is 0 Å². The van der Waals surface area contributed by atoms with Crippen LogP contribution in [-0.4, -0.2) is 13.1 Å². The van der Waals surface area contributed by atoms with Crippen molar-refractivity contribution in [3.8, 4) is 0 Å². The molecule has 98 valence electrons. The Kier molecular flexibility index (Phi) is 3.57. The summed E-state index contributed by atoms with van der Waals surface area (Å²) < 4.78 is 0. The second-order valence-electron chi connectivity index (χ2n) is 5.68. The lowest BCUT2D eigenvalue weighted by atomic mass is 9.97. The van der Waals surface area contributed by atoms with Crippen molar-refractivity contribution in [3.05, 3.63) is 33.8 Å². The second-order valence-corrected chi connectivity index (χ2v) is 6.50. The molecule has 0 bridgehead atoms. The number of halogens is 2. The van der Waals surface area contributed by atoms with Crippen LogP contribution < -0.4 is 5.32 Å². The van der Waals surface area contributed by atoms with E-state index in [4.69, 9.17) is 23.2 Å². The van der Waals surface area contributed by atoms with E-state index in [9.17, 15) is 0 Å². The zero-order valence-corrected chi connectivity index (χ0v) is 12.1. The molecule has 2 aliphatic rings. The van der Waals surface area contributed by atoms with Gasteiger partial charge >= 0.3 is 0 Å². The van der Waals surface area contributed by atoms with Gasteiger partial charge in [0.25, 0.3) is 0 Å². The number of benzene rings is 1. The molecule has 3 unspecified atom stereocenters. The lowest BCUT2D eigenvalue weighted by Crippen LogP contribution is -2.31. The van der Waals surface area contributed by atoms with Gasteiger partial charge in [-0.05, 0) is 61.8 Å². The van der Waals surface area contributed by atoms with Gasteiger partial charge in [0.15, 0.2) is 0 Å². The molecule has 0 spiro atoms. The normalized spacial score (nSPS) is 31.2. The molecular formula is C15H19Cl2N. The van der Waals surface area contributed by atoms with Crippen LogP contribution in [-0.2, 0) is 6.42 Å². The van der Waals surface area contributed by atoms with Gasteiger partial charge < -0.3 is 5.32 Å². The molecule has 18 heavy (non-hydrogen) atoms. The van der Waals surface area contributed by atoms with Gasteiger partial charge in [-0.25, -0.2) is 0 Å². The number of fused-ring (bicyclic) bond motifs is 1. The fourth-order valence-corrected chi connectivity index (χ4v) is 4.15. The van der Waals surface area contributed by atoms with Crippen molar-refractivity contribution in [2.45, 2.75) is 31.7 Å². The quantitative estimate of drug-likeness (QED) is 0.875. The molecule has 3 atom stereocenters. The van der Waals surface area contributed by atoms with Gasteiger partial charge in [0.1, 0.15) is 0 Å². The summed E-state index contributed by atoms with van der Waals surface area (Å²) >= 11 is 12.0. The smallest absolute Gasteiger partial charge is 0.0595 e. The van der Waals surface area contributed by atoms with E-state index in [-0.39, 0.29) is 0 Å². The van der Waals surface area contributed by atoms with Gasteiger partial charge in [0.05, 0.1) is 10.0 Å². The Hall–Kier alpha value is -0.240. The topological polar surface area (TPSA) is 12.0 Å². The summed E-state index contributed by atoms with van der Waals surface area (Å²) in [6.45, 7) is 0. The van der Waals surface area contributed by atoms with E-state index in [0.29, 0.717) is 16.1 Å². The van der Waals surface area contributed by atoms with Crippen molar-refractivity contribution in [3.63, 3.8) is 0 Å². The molecule has 3 heteroatoms. The molecule has 1 aromatic rings. The SMILES string of the molecule is CNC(Cc1ccc(Cl)c(Cl)c1)C1C2CCCC21. The Morgan fingerprint density at radius 3 is 2.56 bits per heavy atom. The first-order chi connectivity index (χ1) is 8.70. The highest BCUT2D eigenvalue weighted by molar-refractivity contribution is 6.42. The molecule has 0 radical (unpaired) electrons. The number of nitrogens with one attached hydrogen (secondary N) is 1. The first-order valence-electron chi connectivity index (χ1n) is 6.82. The molecule has 2 aliphatic carbocycles. The average molecular weight is 284 g/mol. The number of likely N-dealkylation sites (N-methyl/N-ethyl adjacent to an activating group) is 1. The Morgan fingerprint density at radius 1 is 1.22 bits per heavy atom. The third-order valence-corrected chi connectivity index (χ3v) is 5.49. The fraction of sp³-hybridized carbons (Fsp3) is 0.600. The largest absolute Gasteiger partial charge is 0.316 e. The van der Waals surface area contributed by atoms with E-state index < -0.39 is 0 Å². The summed E-state index contributed by atoms with van der Waals surface area (Å²) in [4.78, 5) is 0. The number of hydrogen-bond acceptors (Lipinski definition) is 1. The average Bonchev–Trinajstić information content (AvgIpc) is 2.83. The minimum atomic E-state index is 0.595. The van der Waals surface area contributed by atoms with Crippen molar-refractivity contribution < 1.29 is 0 Å². The van der Waals surface area contributed by atoms with Crippen molar-refractivity contribution in [1.82, 2.24) is 5.32 Å². The molecule has 0 saturated heterocycles. The molecular weight excluding hydrogens is 265 g/mol. The van der Waals surface area contributed by atoms with Crippen LogP contribution in [0.15, 0.2) is 18.2 Å². The van der Waals surface area contributed by atoms with Gasteiger partial charge in [-0.1, -0.05) is 35.7 Å². The molecule has 2 fully saturated rings. The molecule has 1 aromatic carbocycles. The minimum Gasteiger partial charge on any atom is -0.316 e. The zero-order valence-electron chi connectivity index (χ0n) is 10.6. The van der Waals surface area contributed by atoms with Crippen molar-refractivity contribution in [2.24, 2.45) is 17.8 Å². The van der Waals surface area contributed by atoms with Crippen molar-refractivity contribution in [1.29, 1.82) is 0 Å². The van der Waals surface area contributed by atoms with Crippen molar-refractivity contribution >= 4 is 23.2 Å².